The van der Waals surface area contributed by atoms with Crippen LogP contribution < -0.4 is 10.6 Å². The summed E-state index contributed by atoms with van der Waals surface area (Å²) in [5, 5.41) is 2.18. The molecule has 1 heterocycles. The Morgan fingerprint density at radius 2 is 1.72 bits per heavy atom. The van der Waals surface area contributed by atoms with E-state index in [1.807, 2.05) is 60.7 Å². The number of ether oxygens (including phenoxy) is 1. The standard InChI is InChI=1S/C27H25ClNO5PS/c1-3-17-36(31,32)29-24-16-15-21(28)18-23(24)26(25(29)27(30)33-4-2)35(22-13-9-6-10-14-22)34-19-20-11-7-5-8-12-20/h3,5-16,18H,1,4,17,19H2,2H3. The summed E-state index contributed by atoms with van der Waals surface area (Å²) in [4.78, 5) is 13.4. The van der Waals surface area contributed by atoms with Crippen molar-refractivity contribution in [3.8, 4) is 0 Å². The van der Waals surface area contributed by atoms with Gasteiger partial charge in [-0.05, 0) is 30.7 Å². The van der Waals surface area contributed by atoms with E-state index in [1.54, 1.807) is 25.1 Å². The molecule has 4 rings (SSSR count). The lowest BCUT2D eigenvalue weighted by Gasteiger charge is -2.20. The summed E-state index contributed by atoms with van der Waals surface area (Å²) in [7, 11) is -5.65. The molecule has 6 nitrogen and oxygen atoms in total. The highest BCUT2D eigenvalue weighted by Gasteiger charge is 2.35. The quantitative estimate of drug-likeness (QED) is 0.153. The second kappa shape index (κ2) is 11.4. The van der Waals surface area contributed by atoms with Gasteiger partial charge in [-0.3, -0.25) is 0 Å². The van der Waals surface area contributed by atoms with E-state index in [1.165, 1.54) is 6.08 Å². The number of esters is 1. The van der Waals surface area contributed by atoms with Crippen molar-refractivity contribution >= 4 is 57.3 Å². The van der Waals surface area contributed by atoms with Gasteiger partial charge in [0.15, 0.2) is 5.69 Å². The van der Waals surface area contributed by atoms with Crippen LogP contribution >= 0.6 is 19.7 Å². The third-order valence-electron chi connectivity index (χ3n) is 5.33. The van der Waals surface area contributed by atoms with Gasteiger partial charge in [-0.15, -0.1) is 6.58 Å². The summed E-state index contributed by atoms with van der Waals surface area (Å²) in [6.07, 6.45) is 1.29. The van der Waals surface area contributed by atoms with Gasteiger partial charge in [0, 0.05) is 21.0 Å². The molecule has 1 unspecified atom stereocenters. The molecule has 4 aromatic rings. The molecule has 0 saturated carbocycles. The lowest BCUT2D eigenvalue weighted by molar-refractivity contribution is 0.0520. The molecule has 1 aromatic heterocycles. The lowest BCUT2D eigenvalue weighted by Crippen LogP contribution is -2.27. The van der Waals surface area contributed by atoms with Gasteiger partial charge in [-0.2, -0.15) is 0 Å². The van der Waals surface area contributed by atoms with Crippen LogP contribution in [0.1, 0.15) is 23.0 Å². The Balaban J connectivity index is 2.04. The summed E-state index contributed by atoms with van der Waals surface area (Å²) in [5.41, 5.74) is 1.18. The fourth-order valence-electron chi connectivity index (χ4n) is 3.86. The smallest absolute Gasteiger partial charge is 0.356 e. The Bertz CT molecular complexity index is 1490. The van der Waals surface area contributed by atoms with Gasteiger partial charge in [0.1, 0.15) is 0 Å². The first-order valence-electron chi connectivity index (χ1n) is 11.2. The van der Waals surface area contributed by atoms with Crippen LogP contribution in [-0.4, -0.2) is 30.7 Å². The van der Waals surface area contributed by atoms with Crippen LogP contribution in [0, 0.1) is 0 Å². The van der Waals surface area contributed by atoms with Crippen molar-refractivity contribution in [2.75, 3.05) is 12.4 Å². The third-order valence-corrected chi connectivity index (χ3v) is 9.17. The molecular weight excluding hydrogens is 517 g/mol. The van der Waals surface area contributed by atoms with Crippen LogP contribution in [0.2, 0.25) is 5.02 Å². The number of benzene rings is 3. The Hall–Kier alpha value is -2.96. The number of aromatic nitrogens is 1. The van der Waals surface area contributed by atoms with Crippen LogP contribution in [0.3, 0.4) is 0 Å². The Morgan fingerprint density at radius 1 is 1.06 bits per heavy atom. The Morgan fingerprint density at radius 3 is 2.36 bits per heavy atom. The maximum Gasteiger partial charge on any atom is 0.356 e. The zero-order valence-corrected chi connectivity index (χ0v) is 22.1. The predicted molar refractivity (Wildman–Crippen MR) is 146 cm³/mol. The van der Waals surface area contributed by atoms with E-state index in [0.29, 0.717) is 21.2 Å². The molecule has 0 amide bonds. The first-order chi connectivity index (χ1) is 17.4. The van der Waals surface area contributed by atoms with Crippen molar-refractivity contribution in [2.24, 2.45) is 0 Å². The minimum absolute atomic E-state index is 0.0796. The molecule has 0 N–H and O–H groups in total. The van der Waals surface area contributed by atoms with Crippen molar-refractivity contribution in [3.63, 3.8) is 0 Å². The highest BCUT2D eigenvalue weighted by Crippen LogP contribution is 2.42. The highest BCUT2D eigenvalue weighted by atomic mass is 35.5. The van der Waals surface area contributed by atoms with Gasteiger partial charge in [0.05, 0.1) is 32.6 Å². The van der Waals surface area contributed by atoms with E-state index >= 15 is 0 Å². The summed E-state index contributed by atoms with van der Waals surface area (Å²) >= 11 is 6.37. The van der Waals surface area contributed by atoms with Crippen molar-refractivity contribution < 1.29 is 22.5 Å². The van der Waals surface area contributed by atoms with Gasteiger partial charge >= 0.3 is 5.97 Å². The van der Waals surface area contributed by atoms with Crippen molar-refractivity contribution in [3.05, 3.63) is 108 Å². The van der Waals surface area contributed by atoms with Crippen molar-refractivity contribution in [1.82, 2.24) is 3.97 Å². The number of carbonyl (C=O) groups excluding carboxylic acids is 1. The molecule has 0 aliphatic heterocycles. The first kappa shape index (κ1) is 26.1. The molecule has 9 heteroatoms. The molecule has 0 bridgehead atoms. The van der Waals surface area contributed by atoms with Crippen LogP contribution in [0.4, 0.5) is 0 Å². The van der Waals surface area contributed by atoms with Crippen LogP contribution in [-0.2, 0) is 25.9 Å². The molecule has 0 aliphatic carbocycles. The maximum absolute atomic E-state index is 13.4. The summed E-state index contributed by atoms with van der Waals surface area (Å²) in [6.45, 7) is 5.59. The van der Waals surface area contributed by atoms with Crippen molar-refractivity contribution in [2.45, 2.75) is 13.5 Å². The minimum atomic E-state index is -4.00. The number of hydrogen-bond acceptors (Lipinski definition) is 5. The fraction of sp³-hybridized carbons (Fsp3) is 0.148. The minimum Gasteiger partial charge on any atom is -0.461 e. The monoisotopic (exact) mass is 541 g/mol. The van der Waals surface area contributed by atoms with E-state index < -0.39 is 24.1 Å². The van der Waals surface area contributed by atoms with Crippen LogP contribution in [0.15, 0.2) is 91.5 Å². The Labute approximate surface area is 217 Å². The van der Waals surface area contributed by atoms with E-state index in [9.17, 15) is 13.2 Å². The van der Waals surface area contributed by atoms with E-state index in [2.05, 4.69) is 6.58 Å². The number of nitrogens with zero attached hydrogens (tertiary/aromatic N) is 1. The molecule has 3 aromatic carbocycles. The molecule has 0 fully saturated rings. The van der Waals surface area contributed by atoms with Gasteiger partial charge < -0.3 is 9.26 Å². The molecule has 0 spiro atoms. The average Bonchev–Trinajstić information content (AvgIpc) is 3.21. The molecule has 0 saturated heterocycles. The predicted octanol–water partition coefficient (Wildman–Crippen LogP) is 5.40. The second-order valence-electron chi connectivity index (χ2n) is 7.80. The van der Waals surface area contributed by atoms with E-state index in [0.717, 1.165) is 14.8 Å². The lowest BCUT2D eigenvalue weighted by atomic mass is 10.2. The van der Waals surface area contributed by atoms with Gasteiger partial charge in [0.25, 0.3) is 0 Å². The maximum atomic E-state index is 13.4. The second-order valence-corrected chi connectivity index (χ2v) is 11.9. The van der Waals surface area contributed by atoms with Crippen LogP contribution in [0.5, 0.6) is 0 Å². The molecule has 186 valence electrons. The zero-order valence-electron chi connectivity index (χ0n) is 19.6. The Kier molecular flexibility index (Phi) is 8.27. The summed E-state index contributed by atoms with van der Waals surface area (Å²) in [5.74, 6) is -1.11. The number of carbonyl (C=O) groups is 1. The number of halogens is 1. The normalized spacial score (nSPS) is 12.4. The van der Waals surface area contributed by atoms with E-state index in [4.69, 9.17) is 20.9 Å². The molecular formula is C27H25ClNO5PS. The van der Waals surface area contributed by atoms with Crippen LogP contribution in [0.25, 0.3) is 10.9 Å². The topological polar surface area (TPSA) is 74.6 Å². The third kappa shape index (κ3) is 5.40. The van der Waals surface area contributed by atoms with Gasteiger partial charge in [-0.1, -0.05) is 78.3 Å². The number of rotatable bonds is 10. The summed E-state index contributed by atoms with van der Waals surface area (Å²) in [6, 6.07) is 23.9. The average molecular weight is 542 g/mol. The van der Waals surface area contributed by atoms with Gasteiger partial charge in [-0.25, -0.2) is 17.2 Å². The van der Waals surface area contributed by atoms with E-state index in [-0.39, 0.29) is 24.7 Å². The molecule has 0 aliphatic rings. The zero-order chi connectivity index (χ0) is 25.7. The number of fused-ring (bicyclic) bond motifs is 1. The van der Waals surface area contributed by atoms with Crippen molar-refractivity contribution in [1.29, 1.82) is 0 Å². The molecule has 36 heavy (non-hydrogen) atoms. The molecule has 0 radical (unpaired) electrons. The molecule has 1 atom stereocenters. The van der Waals surface area contributed by atoms with Gasteiger partial charge in [0.2, 0.25) is 10.0 Å². The SMILES string of the molecule is C=CCS(=O)(=O)n1c(C(=O)OCC)c(P(OCc2ccccc2)c2ccccc2)c2cc(Cl)ccc21. The fourth-order valence-corrected chi connectivity index (χ4v) is 7.49. The largest absolute Gasteiger partial charge is 0.461 e. The highest BCUT2D eigenvalue weighted by molar-refractivity contribution is 7.90. The summed E-state index contributed by atoms with van der Waals surface area (Å²) < 4.78 is 39.8. The number of hydrogen-bond donors (Lipinski definition) is 0. The first-order valence-corrected chi connectivity index (χ1v) is 14.5.